The van der Waals surface area contributed by atoms with Crippen molar-refractivity contribution in [2.45, 2.75) is 13.8 Å². The second-order valence-electron chi connectivity index (χ2n) is 4.10. The molecule has 1 aromatic carbocycles. The lowest BCUT2D eigenvalue weighted by atomic mass is 10.2. The second kappa shape index (κ2) is 7.49. The van der Waals surface area contributed by atoms with Gasteiger partial charge in [-0.15, -0.1) is 0 Å². The third-order valence-corrected chi connectivity index (χ3v) is 1.94. The summed E-state index contributed by atoms with van der Waals surface area (Å²) < 4.78 is 10.0. The molecule has 0 saturated heterocycles. The molecule has 0 bridgehead atoms. The Balaban J connectivity index is 2.19. The first-order chi connectivity index (χ1) is 8.18. The van der Waals surface area contributed by atoms with E-state index < -0.39 is 0 Å². The average molecular weight is 234 g/mol. The minimum Gasteiger partial charge on any atom is -0.489 e. The van der Waals surface area contributed by atoms with Gasteiger partial charge in [0.2, 0.25) is 0 Å². The Labute approximate surface area is 102 Å². The highest BCUT2D eigenvalue weighted by Crippen LogP contribution is 2.01. The van der Waals surface area contributed by atoms with Crippen LogP contribution in [0.15, 0.2) is 36.6 Å². The zero-order valence-corrected chi connectivity index (χ0v) is 10.3. The van der Waals surface area contributed by atoms with Crippen LogP contribution in [-0.2, 0) is 14.3 Å². The monoisotopic (exact) mass is 234 g/mol. The smallest absolute Gasteiger partial charge is 0.344 e. The Kier molecular flexibility index (Phi) is 5.86. The number of carbonyl (C=O) groups excluding carboxylic acids is 1. The fourth-order valence-corrected chi connectivity index (χ4v) is 1.11. The lowest BCUT2D eigenvalue weighted by Gasteiger charge is -2.06. The predicted octanol–water partition coefficient (Wildman–Crippen LogP) is 2.87. The number of esters is 1. The van der Waals surface area contributed by atoms with Crippen molar-refractivity contribution in [3.8, 4) is 0 Å². The SMILES string of the molecule is CC(C)COC(=O)COC=Cc1ccccc1. The standard InChI is InChI=1S/C14H18O3/c1-12(2)10-17-14(15)11-16-9-8-13-6-4-3-5-7-13/h3-9,12H,10-11H2,1-2H3. The maximum Gasteiger partial charge on any atom is 0.344 e. The zero-order valence-electron chi connectivity index (χ0n) is 10.3. The Morgan fingerprint density at radius 1 is 1.29 bits per heavy atom. The summed E-state index contributed by atoms with van der Waals surface area (Å²) in [5.41, 5.74) is 1.03. The maximum atomic E-state index is 11.2. The summed E-state index contributed by atoms with van der Waals surface area (Å²) in [6, 6.07) is 9.74. The summed E-state index contributed by atoms with van der Waals surface area (Å²) in [5.74, 6) is 0.00947. The van der Waals surface area contributed by atoms with E-state index in [1.54, 1.807) is 6.08 Å². The van der Waals surface area contributed by atoms with Crippen molar-refractivity contribution >= 4 is 12.0 Å². The van der Waals surface area contributed by atoms with Crippen LogP contribution in [-0.4, -0.2) is 19.2 Å². The third kappa shape index (κ3) is 6.40. The van der Waals surface area contributed by atoms with E-state index in [2.05, 4.69) is 0 Å². The number of hydrogen-bond donors (Lipinski definition) is 0. The molecule has 17 heavy (non-hydrogen) atoms. The molecule has 0 spiro atoms. The number of carbonyl (C=O) groups is 1. The Morgan fingerprint density at radius 2 is 2.00 bits per heavy atom. The molecule has 0 aliphatic carbocycles. The van der Waals surface area contributed by atoms with Crippen molar-refractivity contribution in [1.82, 2.24) is 0 Å². The molecule has 0 amide bonds. The minimum atomic E-state index is -0.337. The summed E-state index contributed by atoms with van der Waals surface area (Å²) >= 11 is 0. The van der Waals surface area contributed by atoms with Crippen LogP contribution in [0.3, 0.4) is 0 Å². The maximum absolute atomic E-state index is 11.2. The molecule has 0 unspecified atom stereocenters. The van der Waals surface area contributed by atoms with Crippen LogP contribution in [0.25, 0.3) is 6.08 Å². The van der Waals surface area contributed by atoms with E-state index in [0.717, 1.165) is 5.56 Å². The van der Waals surface area contributed by atoms with Crippen LogP contribution in [0.1, 0.15) is 19.4 Å². The highest BCUT2D eigenvalue weighted by molar-refractivity contribution is 5.70. The van der Waals surface area contributed by atoms with Gasteiger partial charge in [0.05, 0.1) is 12.9 Å². The molecule has 0 heterocycles. The van der Waals surface area contributed by atoms with Crippen LogP contribution in [0.5, 0.6) is 0 Å². The minimum absolute atomic E-state index is 0.0456. The largest absolute Gasteiger partial charge is 0.489 e. The van der Waals surface area contributed by atoms with Crippen molar-refractivity contribution < 1.29 is 14.3 Å². The molecule has 0 aromatic heterocycles. The summed E-state index contributed by atoms with van der Waals surface area (Å²) in [5, 5.41) is 0. The molecule has 3 heteroatoms. The lowest BCUT2D eigenvalue weighted by Crippen LogP contribution is -2.14. The Hall–Kier alpha value is -1.77. The van der Waals surface area contributed by atoms with Gasteiger partial charge >= 0.3 is 5.97 Å². The molecular formula is C14H18O3. The van der Waals surface area contributed by atoms with Gasteiger partial charge in [0, 0.05) is 0 Å². The van der Waals surface area contributed by atoms with Crippen molar-refractivity contribution in [3.05, 3.63) is 42.2 Å². The van der Waals surface area contributed by atoms with Gasteiger partial charge in [0.15, 0.2) is 6.61 Å². The van der Waals surface area contributed by atoms with Crippen molar-refractivity contribution in [2.24, 2.45) is 5.92 Å². The van der Waals surface area contributed by atoms with Gasteiger partial charge in [0.25, 0.3) is 0 Å². The zero-order chi connectivity index (χ0) is 12.5. The molecule has 0 fully saturated rings. The average Bonchev–Trinajstić information content (AvgIpc) is 2.33. The first-order valence-corrected chi connectivity index (χ1v) is 5.67. The fourth-order valence-electron chi connectivity index (χ4n) is 1.11. The van der Waals surface area contributed by atoms with E-state index in [4.69, 9.17) is 9.47 Å². The molecule has 3 nitrogen and oxygen atoms in total. The topological polar surface area (TPSA) is 35.5 Å². The molecule has 0 saturated carbocycles. The summed E-state index contributed by atoms with van der Waals surface area (Å²) in [6.45, 7) is 4.37. The highest BCUT2D eigenvalue weighted by atomic mass is 16.6. The number of ether oxygens (including phenoxy) is 2. The predicted molar refractivity (Wildman–Crippen MR) is 67.2 cm³/mol. The molecule has 0 aliphatic heterocycles. The van der Waals surface area contributed by atoms with Gasteiger partial charge < -0.3 is 9.47 Å². The van der Waals surface area contributed by atoms with Crippen LogP contribution in [0.2, 0.25) is 0 Å². The van der Waals surface area contributed by atoms with E-state index in [9.17, 15) is 4.79 Å². The molecular weight excluding hydrogens is 216 g/mol. The van der Waals surface area contributed by atoms with Crippen molar-refractivity contribution in [3.63, 3.8) is 0 Å². The third-order valence-electron chi connectivity index (χ3n) is 1.94. The van der Waals surface area contributed by atoms with Gasteiger partial charge in [0.1, 0.15) is 0 Å². The first-order valence-electron chi connectivity index (χ1n) is 5.67. The van der Waals surface area contributed by atoms with Gasteiger partial charge in [-0.05, 0) is 17.6 Å². The fraction of sp³-hybridized carbons (Fsp3) is 0.357. The number of benzene rings is 1. The quantitative estimate of drug-likeness (QED) is 0.561. The van der Waals surface area contributed by atoms with E-state index in [-0.39, 0.29) is 12.6 Å². The Morgan fingerprint density at radius 3 is 2.65 bits per heavy atom. The molecule has 92 valence electrons. The van der Waals surface area contributed by atoms with Gasteiger partial charge in [-0.2, -0.15) is 0 Å². The van der Waals surface area contributed by atoms with Gasteiger partial charge in [-0.25, -0.2) is 4.79 Å². The number of hydrogen-bond acceptors (Lipinski definition) is 3. The van der Waals surface area contributed by atoms with Gasteiger partial charge in [-0.1, -0.05) is 44.2 Å². The lowest BCUT2D eigenvalue weighted by molar-refractivity contribution is -0.148. The van der Waals surface area contributed by atoms with E-state index in [1.807, 2.05) is 44.2 Å². The van der Waals surface area contributed by atoms with Crippen LogP contribution in [0.4, 0.5) is 0 Å². The van der Waals surface area contributed by atoms with E-state index in [0.29, 0.717) is 12.5 Å². The summed E-state index contributed by atoms with van der Waals surface area (Å²) in [4.78, 5) is 11.2. The van der Waals surface area contributed by atoms with Gasteiger partial charge in [-0.3, -0.25) is 0 Å². The number of rotatable bonds is 6. The molecule has 0 radical (unpaired) electrons. The van der Waals surface area contributed by atoms with Crippen LogP contribution >= 0.6 is 0 Å². The molecule has 1 rings (SSSR count). The van der Waals surface area contributed by atoms with E-state index >= 15 is 0 Å². The van der Waals surface area contributed by atoms with Crippen molar-refractivity contribution in [2.75, 3.05) is 13.2 Å². The van der Waals surface area contributed by atoms with Crippen LogP contribution in [0, 0.1) is 5.92 Å². The summed E-state index contributed by atoms with van der Waals surface area (Å²) in [6.07, 6.45) is 3.31. The highest BCUT2D eigenvalue weighted by Gasteiger charge is 2.03. The molecule has 0 aliphatic rings. The molecule has 0 N–H and O–H groups in total. The summed E-state index contributed by atoms with van der Waals surface area (Å²) in [7, 11) is 0. The van der Waals surface area contributed by atoms with E-state index in [1.165, 1.54) is 6.26 Å². The molecule has 1 aromatic rings. The Bertz CT molecular complexity index is 355. The second-order valence-corrected chi connectivity index (χ2v) is 4.10. The van der Waals surface area contributed by atoms with Crippen LogP contribution < -0.4 is 0 Å². The first kappa shape index (κ1) is 13.3. The normalized spacial score (nSPS) is 10.8. The van der Waals surface area contributed by atoms with Crippen molar-refractivity contribution in [1.29, 1.82) is 0 Å². The molecule has 0 atom stereocenters.